The van der Waals surface area contributed by atoms with Gasteiger partial charge in [0.2, 0.25) is 0 Å². The van der Waals surface area contributed by atoms with Gasteiger partial charge in [-0.25, -0.2) is 9.00 Å². The number of cyclic esters (lactones) is 1. The first kappa shape index (κ1) is 21.8. The molecule has 0 amide bonds. The Bertz CT molecular complexity index is 887. The van der Waals surface area contributed by atoms with Gasteiger partial charge in [-0.3, -0.25) is 18.6 Å². The van der Waals surface area contributed by atoms with Gasteiger partial charge in [0.1, 0.15) is 17.4 Å². The van der Waals surface area contributed by atoms with Crippen molar-refractivity contribution in [1.29, 1.82) is 0 Å². The molecule has 0 unspecified atom stereocenters. The van der Waals surface area contributed by atoms with Crippen LogP contribution in [0.3, 0.4) is 0 Å². The van der Waals surface area contributed by atoms with Crippen molar-refractivity contribution in [3.05, 3.63) is 41.5 Å². The number of allylic oxidation sites excluding steroid dienone is 2. The van der Waals surface area contributed by atoms with Crippen LogP contribution in [0.1, 0.15) is 48.5 Å². The summed E-state index contributed by atoms with van der Waals surface area (Å²) in [6.07, 6.45) is 8.47. The van der Waals surface area contributed by atoms with Crippen LogP contribution in [-0.4, -0.2) is 42.5 Å². The average Bonchev–Trinajstić information content (AvgIpc) is 2.50. The van der Waals surface area contributed by atoms with Gasteiger partial charge in [0.05, 0.1) is 11.9 Å². The number of fused-ring (bicyclic) bond motifs is 1. The van der Waals surface area contributed by atoms with Crippen LogP contribution >= 0.6 is 0 Å². The quantitative estimate of drug-likeness (QED) is 0.548. The molecule has 1 atom stereocenters. The van der Waals surface area contributed by atoms with Crippen molar-refractivity contribution in [3.63, 3.8) is 0 Å². The third kappa shape index (κ3) is 6.91. The first-order valence-corrected chi connectivity index (χ1v) is 11.1. The van der Waals surface area contributed by atoms with Crippen LogP contribution in [0.4, 0.5) is 5.69 Å². The number of ether oxygens (including phenoxy) is 1. The lowest BCUT2D eigenvalue weighted by molar-refractivity contribution is -0.114. The van der Waals surface area contributed by atoms with Crippen molar-refractivity contribution < 1.29 is 32.7 Å². The highest BCUT2D eigenvalue weighted by molar-refractivity contribution is 8.10. The number of esters is 1. The van der Waals surface area contributed by atoms with Gasteiger partial charge in [-0.2, -0.15) is 0 Å². The van der Waals surface area contributed by atoms with Crippen molar-refractivity contribution in [3.8, 4) is 5.75 Å². The molecule has 0 radical (unpaired) electrons. The van der Waals surface area contributed by atoms with Gasteiger partial charge in [-0.05, 0) is 37.5 Å². The predicted molar refractivity (Wildman–Crippen MR) is 108 cm³/mol. The van der Waals surface area contributed by atoms with E-state index in [-0.39, 0.29) is 22.6 Å². The zero-order valence-electron chi connectivity index (χ0n) is 15.8. The van der Waals surface area contributed by atoms with E-state index >= 15 is 0 Å². The largest absolute Gasteiger partial charge is 0.507 e. The summed E-state index contributed by atoms with van der Waals surface area (Å²) in [6.45, 7) is 1.66. The molecule has 0 aliphatic carbocycles. The molecule has 1 aromatic carbocycles. The lowest BCUT2D eigenvalue weighted by atomic mass is 10.0. The number of ketones is 1. The Hall–Kier alpha value is -2.49. The van der Waals surface area contributed by atoms with E-state index in [1.807, 2.05) is 4.72 Å². The third-order valence-corrected chi connectivity index (χ3v) is 4.58. The monoisotopic (exact) mass is 411 g/mol. The van der Waals surface area contributed by atoms with Crippen LogP contribution in [0.2, 0.25) is 0 Å². The number of rotatable bonds is 2. The molecule has 1 aliphatic heterocycles. The highest BCUT2D eigenvalue weighted by Gasteiger charge is 2.25. The SMILES string of the molecule is C[C@H]1C/C=C\C(=O)CCC/C=C/c2cc(NS(C)(=O)(O)O)cc(O)c2C(=O)O1. The molecule has 0 fully saturated rings. The summed E-state index contributed by atoms with van der Waals surface area (Å²) in [4.78, 5) is 24.3. The molecule has 1 heterocycles. The maximum absolute atomic E-state index is 12.5. The van der Waals surface area contributed by atoms with Crippen molar-refractivity contribution in [2.75, 3.05) is 11.0 Å². The van der Waals surface area contributed by atoms with Crippen molar-refractivity contribution in [2.45, 2.75) is 38.7 Å². The normalized spacial score (nSPS) is 22.7. The topological polar surface area (TPSA) is 133 Å². The molecular weight excluding hydrogens is 386 g/mol. The molecule has 1 aliphatic rings. The zero-order valence-corrected chi connectivity index (χ0v) is 16.6. The molecular formula is C19H25NO7S. The number of phenolic OH excluding ortho intramolecular Hbond substituents is 1. The highest BCUT2D eigenvalue weighted by atomic mass is 32.3. The lowest BCUT2D eigenvalue weighted by Crippen LogP contribution is -2.38. The molecule has 154 valence electrons. The van der Waals surface area contributed by atoms with Gasteiger partial charge in [0, 0.05) is 18.9 Å². The summed E-state index contributed by atoms with van der Waals surface area (Å²) in [5.74, 6) is -1.24. The standard InChI is InChI=1S/C19H25NO7S/c1-13-7-6-10-16(21)9-5-3-4-8-14-11-15(20-28(2,24,25)26)12-17(22)18(14)19(23)27-13/h4,6,8,10-13,22H,3,5,7,9H2,1-2H3,(H3,20,24,25,26)/b8-4+,10-6-/t13-/m0/s1. The summed E-state index contributed by atoms with van der Waals surface area (Å²) in [5, 5.41) is 10.3. The van der Waals surface area contributed by atoms with E-state index in [4.69, 9.17) is 4.74 Å². The number of benzene rings is 1. The van der Waals surface area contributed by atoms with Gasteiger partial charge >= 0.3 is 5.97 Å². The minimum Gasteiger partial charge on any atom is -0.507 e. The number of hydrogen-bond acceptors (Lipinski definition) is 5. The molecule has 0 saturated heterocycles. The molecule has 9 heteroatoms. The Morgan fingerprint density at radius 3 is 2.57 bits per heavy atom. The number of carbonyl (C=O) groups excluding carboxylic acids is 2. The minimum absolute atomic E-state index is 0.0108. The van der Waals surface area contributed by atoms with Crippen LogP contribution in [0.25, 0.3) is 6.08 Å². The summed E-state index contributed by atoms with van der Waals surface area (Å²) in [7, 11) is -5.08. The van der Waals surface area contributed by atoms with Gasteiger partial charge in [0.25, 0.3) is 0 Å². The summed E-state index contributed by atoms with van der Waals surface area (Å²) >= 11 is 0. The Balaban J connectivity index is 2.45. The third-order valence-electron chi connectivity index (χ3n) is 3.88. The fourth-order valence-electron chi connectivity index (χ4n) is 2.70. The van der Waals surface area contributed by atoms with Gasteiger partial charge in [-0.1, -0.05) is 18.2 Å². The Kier molecular flexibility index (Phi) is 6.43. The Morgan fingerprint density at radius 2 is 1.89 bits per heavy atom. The Labute approximate surface area is 163 Å². The van der Waals surface area contributed by atoms with E-state index in [0.717, 1.165) is 6.07 Å². The number of anilines is 1. The number of nitrogens with one attached hydrogen (secondary N) is 1. The first-order valence-electron chi connectivity index (χ1n) is 8.77. The van der Waals surface area contributed by atoms with Crippen LogP contribution in [0, 0.1) is 0 Å². The fraction of sp³-hybridized carbons (Fsp3) is 0.368. The summed E-state index contributed by atoms with van der Waals surface area (Å²) in [5.41, 5.74) is 0.0990. The number of hydrogen-bond donors (Lipinski definition) is 4. The van der Waals surface area contributed by atoms with E-state index in [1.54, 1.807) is 25.2 Å². The molecule has 1 aromatic rings. The van der Waals surface area contributed by atoms with E-state index < -0.39 is 27.6 Å². The Morgan fingerprint density at radius 1 is 1.18 bits per heavy atom. The van der Waals surface area contributed by atoms with Crippen molar-refractivity contribution >= 4 is 33.3 Å². The van der Waals surface area contributed by atoms with Crippen molar-refractivity contribution in [2.24, 2.45) is 0 Å². The smallest absolute Gasteiger partial charge is 0.342 e. The van der Waals surface area contributed by atoms with Crippen LogP contribution in [0.5, 0.6) is 5.75 Å². The highest BCUT2D eigenvalue weighted by Crippen LogP contribution is 2.31. The average molecular weight is 411 g/mol. The number of phenols is 1. The van der Waals surface area contributed by atoms with Crippen LogP contribution < -0.4 is 4.72 Å². The first-order chi connectivity index (χ1) is 12.9. The van der Waals surface area contributed by atoms with E-state index in [1.165, 1.54) is 12.1 Å². The van der Waals surface area contributed by atoms with Gasteiger partial charge < -0.3 is 9.84 Å². The molecule has 2 rings (SSSR count). The fourth-order valence-corrected chi connectivity index (χ4v) is 3.36. The number of aromatic hydroxyl groups is 1. The van der Waals surface area contributed by atoms with Gasteiger partial charge in [0.15, 0.2) is 15.6 Å². The molecule has 8 nitrogen and oxygen atoms in total. The second kappa shape index (κ2) is 8.26. The van der Waals surface area contributed by atoms with E-state index in [9.17, 15) is 28.0 Å². The summed E-state index contributed by atoms with van der Waals surface area (Å²) in [6, 6.07) is 2.40. The lowest BCUT2D eigenvalue weighted by Gasteiger charge is -2.28. The predicted octanol–water partition coefficient (Wildman–Crippen LogP) is 3.37. The molecule has 0 saturated carbocycles. The molecule has 4 N–H and O–H groups in total. The minimum atomic E-state index is -5.08. The second-order valence-electron chi connectivity index (χ2n) is 6.91. The maximum atomic E-state index is 12.5. The second-order valence-corrected chi connectivity index (χ2v) is 9.58. The molecule has 0 aromatic heterocycles. The van der Waals surface area contributed by atoms with Crippen LogP contribution in [-0.2, 0) is 19.3 Å². The maximum Gasteiger partial charge on any atom is 0.342 e. The molecule has 0 spiro atoms. The molecule has 0 bridgehead atoms. The van der Waals surface area contributed by atoms with E-state index in [2.05, 4.69) is 0 Å². The van der Waals surface area contributed by atoms with Crippen molar-refractivity contribution in [1.82, 2.24) is 0 Å². The van der Waals surface area contributed by atoms with Crippen LogP contribution in [0.15, 0.2) is 30.4 Å². The van der Waals surface area contributed by atoms with Gasteiger partial charge in [-0.15, -0.1) is 0 Å². The molecule has 28 heavy (non-hydrogen) atoms. The summed E-state index contributed by atoms with van der Waals surface area (Å²) < 4.78 is 38.1. The number of carbonyl (C=O) groups is 2. The zero-order chi connectivity index (χ0) is 21.0. The van der Waals surface area contributed by atoms with E-state index in [0.29, 0.717) is 31.9 Å².